The van der Waals surface area contributed by atoms with E-state index in [2.05, 4.69) is 0 Å². The number of sulfonamides is 1. The van der Waals surface area contributed by atoms with Crippen LogP contribution in [0, 0.1) is 5.92 Å². The standard InChI is InChI=1S/C14H21N3O3S/c15-8-11-3-5-12(6-4-11)10-21(19,20)17-7-1-2-13(9-17)14(16)18/h3-6,13H,1-2,7-10,15H2,(H2,16,18). The molecule has 21 heavy (non-hydrogen) atoms. The number of rotatable bonds is 5. The van der Waals surface area contributed by atoms with Gasteiger partial charge in [-0.15, -0.1) is 0 Å². The molecule has 1 atom stereocenters. The smallest absolute Gasteiger partial charge is 0.221 e. The van der Waals surface area contributed by atoms with Crippen molar-refractivity contribution in [3.63, 3.8) is 0 Å². The SMILES string of the molecule is NCc1ccc(CS(=O)(=O)N2CCCC(C(N)=O)C2)cc1. The first-order chi connectivity index (χ1) is 9.92. The highest BCUT2D eigenvalue weighted by Crippen LogP contribution is 2.21. The van der Waals surface area contributed by atoms with Crippen LogP contribution in [0.25, 0.3) is 0 Å². The molecule has 2 rings (SSSR count). The number of amides is 1. The van der Waals surface area contributed by atoms with Gasteiger partial charge in [0, 0.05) is 19.6 Å². The van der Waals surface area contributed by atoms with Gasteiger partial charge in [-0.05, 0) is 24.0 Å². The largest absolute Gasteiger partial charge is 0.369 e. The zero-order valence-electron chi connectivity index (χ0n) is 11.9. The molecule has 1 unspecified atom stereocenters. The van der Waals surface area contributed by atoms with E-state index in [1.54, 1.807) is 12.1 Å². The Morgan fingerprint density at radius 2 is 1.86 bits per heavy atom. The number of piperidine rings is 1. The minimum absolute atomic E-state index is 0.0661. The van der Waals surface area contributed by atoms with Crippen molar-refractivity contribution in [3.8, 4) is 0 Å². The van der Waals surface area contributed by atoms with Crippen LogP contribution in [-0.4, -0.2) is 31.7 Å². The lowest BCUT2D eigenvalue weighted by Gasteiger charge is -2.30. The maximum absolute atomic E-state index is 12.4. The second kappa shape index (κ2) is 6.55. The summed E-state index contributed by atoms with van der Waals surface area (Å²) in [6.07, 6.45) is 1.32. The van der Waals surface area contributed by atoms with Gasteiger partial charge in [-0.1, -0.05) is 24.3 Å². The van der Waals surface area contributed by atoms with Crippen molar-refractivity contribution >= 4 is 15.9 Å². The summed E-state index contributed by atoms with van der Waals surface area (Å²) < 4.78 is 26.2. The van der Waals surface area contributed by atoms with Gasteiger partial charge >= 0.3 is 0 Å². The van der Waals surface area contributed by atoms with Gasteiger partial charge in [-0.25, -0.2) is 12.7 Å². The van der Waals surface area contributed by atoms with Crippen LogP contribution >= 0.6 is 0 Å². The molecule has 0 radical (unpaired) electrons. The molecule has 1 aromatic rings. The summed E-state index contributed by atoms with van der Waals surface area (Å²) in [6, 6.07) is 7.20. The van der Waals surface area contributed by atoms with E-state index >= 15 is 0 Å². The van der Waals surface area contributed by atoms with Crippen LogP contribution in [0.15, 0.2) is 24.3 Å². The molecule has 1 fully saturated rings. The lowest BCUT2D eigenvalue weighted by molar-refractivity contribution is -0.122. The fourth-order valence-electron chi connectivity index (χ4n) is 2.50. The van der Waals surface area contributed by atoms with E-state index in [0.29, 0.717) is 31.5 Å². The Morgan fingerprint density at radius 1 is 1.24 bits per heavy atom. The van der Waals surface area contributed by atoms with Crippen molar-refractivity contribution in [1.29, 1.82) is 0 Å². The predicted molar refractivity (Wildman–Crippen MR) is 80.4 cm³/mol. The summed E-state index contributed by atoms with van der Waals surface area (Å²) >= 11 is 0. The van der Waals surface area contributed by atoms with Crippen LogP contribution in [0.1, 0.15) is 24.0 Å². The molecule has 116 valence electrons. The number of primary amides is 1. The Labute approximate surface area is 125 Å². The molecule has 1 saturated heterocycles. The quantitative estimate of drug-likeness (QED) is 0.808. The van der Waals surface area contributed by atoms with Crippen molar-refractivity contribution in [2.75, 3.05) is 13.1 Å². The maximum atomic E-state index is 12.4. The highest BCUT2D eigenvalue weighted by molar-refractivity contribution is 7.88. The second-order valence-electron chi connectivity index (χ2n) is 5.38. The van der Waals surface area contributed by atoms with E-state index in [0.717, 1.165) is 5.56 Å². The lowest BCUT2D eigenvalue weighted by atomic mass is 9.99. The summed E-state index contributed by atoms with van der Waals surface area (Å²) in [5.74, 6) is -0.876. The Kier molecular flexibility index (Phi) is 4.97. The molecule has 7 heteroatoms. The fraction of sp³-hybridized carbons (Fsp3) is 0.500. The number of nitrogens with two attached hydrogens (primary N) is 2. The van der Waals surface area contributed by atoms with E-state index < -0.39 is 15.9 Å². The van der Waals surface area contributed by atoms with Gasteiger partial charge in [0.25, 0.3) is 0 Å². The number of carbonyl (C=O) groups is 1. The summed E-state index contributed by atoms with van der Waals surface area (Å²) in [6.45, 7) is 1.07. The van der Waals surface area contributed by atoms with Gasteiger partial charge in [0.15, 0.2) is 0 Å². The van der Waals surface area contributed by atoms with E-state index in [1.807, 2.05) is 12.1 Å². The molecule has 1 amide bonds. The molecule has 6 nitrogen and oxygen atoms in total. The summed E-state index contributed by atoms with van der Waals surface area (Å²) in [4.78, 5) is 11.2. The third-order valence-corrected chi connectivity index (χ3v) is 5.60. The number of hydrogen-bond acceptors (Lipinski definition) is 4. The molecule has 0 aromatic heterocycles. The van der Waals surface area contributed by atoms with Gasteiger partial charge in [-0.2, -0.15) is 0 Å². The molecule has 0 aliphatic carbocycles. The lowest BCUT2D eigenvalue weighted by Crippen LogP contribution is -2.44. The molecule has 4 N–H and O–H groups in total. The van der Waals surface area contributed by atoms with Crippen LogP contribution in [0.4, 0.5) is 0 Å². The van der Waals surface area contributed by atoms with Crippen molar-refractivity contribution in [2.24, 2.45) is 17.4 Å². The van der Waals surface area contributed by atoms with Crippen molar-refractivity contribution in [3.05, 3.63) is 35.4 Å². The fourth-order valence-corrected chi connectivity index (χ4v) is 4.11. The van der Waals surface area contributed by atoms with Crippen molar-refractivity contribution < 1.29 is 13.2 Å². The number of hydrogen-bond donors (Lipinski definition) is 2. The Bertz CT molecular complexity index is 598. The molecule has 1 heterocycles. The number of carbonyl (C=O) groups excluding carboxylic acids is 1. The van der Waals surface area contributed by atoms with Crippen LogP contribution in [0.5, 0.6) is 0 Å². The molecule has 0 bridgehead atoms. The second-order valence-corrected chi connectivity index (χ2v) is 7.35. The summed E-state index contributed by atoms with van der Waals surface area (Å²) in [5, 5.41) is 0. The summed E-state index contributed by atoms with van der Waals surface area (Å²) in [7, 11) is -3.43. The molecule has 1 aromatic carbocycles. The third-order valence-electron chi connectivity index (χ3n) is 3.79. The molecule has 0 spiro atoms. The van der Waals surface area contributed by atoms with E-state index in [1.165, 1.54) is 4.31 Å². The molecule has 1 aliphatic heterocycles. The zero-order valence-corrected chi connectivity index (χ0v) is 12.7. The van der Waals surface area contributed by atoms with E-state index in [9.17, 15) is 13.2 Å². The maximum Gasteiger partial charge on any atom is 0.221 e. The van der Waals surface area contributed by atoms with Crippen LogP contribution in [-0.2, 0) is 27.1 Å². The summed E-state index contributed by atoms with van der Waals surface area (Å²) in [5.41, 5.74) is 12.5. The topological polar surface area (TPSA) is 106 Å². The Hall–Kier alpha value is -1.44. The first kappa shape index (κ1) is 15.9. The van der Waals surface area contributed by atoms with Crippen molar-refractivity contribution in [2.45, 2.75) is 25.1 Å². The van der Waals surface area contributed by atoms with Gasteiger partial charge < -0.3 is 11.5 Å². The minimum Gasteiger partial charge on any atom is -0.369 e. The predicted octanol–water partition coefficient (Wildman–Crippen LogP) is 0.172. The van der Waals surface area contributed by atoms with E-state index in [4.69, 9.17) is 11.5 Å². The Morgan fingerprint density at radius 3 is 2.43 bits per heavy atom. The van der Waals surface area contributed by atoms with Gasteiger partial charge in [0.05, 0.1) is 11.7 Å². The Balaban J connectivity index is 2.08. The molecule has 1 aliphatic rings. The van der Waals surface area contributed by atoms with Crippen molar-refractivity contribution in [1.82, 2.24) is 4.31 Å². The zero-order chi connectivity index (χ0) is 15.5. The highest BCUT2D eigenvalue weighted by Gasteiger charge is 2.31. The van der Waals surface area contributed by atoms with E-state index in [-0.39, 0.29) is 18.2 Å². The average molecular weight is 311 g/mol. The van der Waals surface area contributed by atoms with Gasteiger partial charge in [0.1, 0.15) is 0 Å². The monoisotopic (exact) mass is 311 g/mol. The minimum atomic E-state index is -3.43. The highest BCUT2D eigenvalue weighted by atomic mass is 32.2. The van der Waals surface area contributed by atoms with Gasteiger partial charge in [-0.3, -0.25) is 4.79 Å². The third kappa shape index (κ3) is 4.03. The van der Waals surface area contributed by atoms with Gasteiger partial charge in [0.2, 0.25) is 15.9 Å². The van der Waals surface area contributed by atoms with Crippen LogP contribution < -0.4 is 11.5 Å². The first-order valence-corrected chi connectivity index (χ1v) is 8.58. The molecular formula is C14H21N3O3S. The molecule has 0 saturated carbocycles. The van der Waals surface area contributed by atoms with Crippen LogP contribution in [0.3, 0.4) is 0 Å². The molecular weight excluding hydrogens is 290 g/mol. The first-order valence-electron chi connectivity index (χ1n) is 6.97. The van der Waals surface area contributed by atoms with Crippen LogP contribution in [0.2, 0.25) is 0 Å². The number of benzene rings is 1. The normalized spacial score (nSPS) is 20.3. The number of nitrogens with zero attached hydrogens (tertiary/aromatic N) is 1. The average Bonchev–Trinajstić information content (AvgIpc) is 2.48.